The van der Waals surface area contributed by atoms with Crippen molar-refractivity contribution >= 4 is 40.6 Å². The number of carbonyl (C=O) groups excluding carboxylic acids is 4. The van der Waals surface area contributed by atoms with Gasteiger partial charge in [0, 0.05) is 60.6 Å². The lowest BCUT2D eigenvalue weighted by Gasteiger charge is -2.47. The molecule has 3 saturated heterocycles. The molecule has 5 rings (SSSR count). The minimum atomic E-state index is -1.76. The SMILES string of the molecule is CO[C@@H]1OC(CO)[C@@H](O)[C@H](O[C@@H]2OC(C(=O)NCCOCCOCCOCCNC(=O)n3ccc4c(N(C)[C@H]5CN(C(=O)CC#N)CC[C@H]5C)ncnc43)[C@@H](OC)[C@H](O)C2O)C1NC(C)=O. The number of aromatic nitrogens is 3. The summed E-state index contributed by atoms with van der Waals surface area (Å²) >= 11 is 0. The van der Waals surface area contributed by atoms with Crippen LogP contribution in [0, 0.1) is 17.2 Å². The highest BCUT2D eigenvalue weighted by Crippen LogP contribution is 2.32. The zero-order chi connectivity index (χ0) is 47.9. The average molecular weight is 938 g/mol. The van der Waals surface area contributed by atoms with Crippen LogP contribution in [0.15, 0.2) is 18.6 Å². The Morgan fingerprint density at radius 1 is 0.924 bits per heavy atom. The molecule has 3 aliphatic rings. The fourth-order valence-corrected chi connectivity index (χ4v) is 8.10. The Hall–Kier alpha value is -4.69. The molecule has 0 saturated carbocycles. The Kier molecular flexibility index (Phi) is 20.2. The molecular weight excluding hydrogens is 874 g/mol. The van der Waals surface area contributed by atoms with Crippen molar-refractivity contribution in [3.05, 3.63) is 18.6 Å². The van der Waals surface area contributed by atoms with E-state index >= 15 is 0 Å². The zero-order valence-corrected chi connectivity index (χ0v) is 37.7. The zero-order valence-electron chi connectivity index (χ0n) is 37.7. The van der Waals surface area contributed by atoms with Gasteiger partial charge in [-0.3, -0.25) is 19.0 Å². The Morgan fingerprint density at radius 3 is 2.24 bits per heavy atom. The van der Waals surface area contributed by atoms with Crippen molar-refractivity contribution in [3.63, 3.8) is 0 Å². The fraction of sp³-hybridized carbons (Fsp3) is 0.732. The van der Waals surface area contributed by atoms with Crippen LogP contribution >= 0.6 is 0 Å². The molecule has 12 atom stereocenters. The smallest absolute Gasteiger partial charge is 0.327 e. The number of carbonyl (C=O) groups is 4. The van der Waals surface area contributed by atoms with E-state index in [1.807, 2.05) is 18.0 Å². The largest absolute Gasteiger partial charge is 0.394 e. The van der Waals surface area contributed by atoms with E-state index in [0.29, 0.717) is 29.9 Å². The number of ether oxygens (including phenoxy) is 8. The monoisotopic (exact) mass is 937 g/mol. The predicted molar refractivity (Wildman–Crippen MR) is 227 cm³/mol. The maximum Gasteiger partial charge on any atom is 0.327 e. The molecule has 0 radical (unpaired) electrons. The maximum atomic E-state index is 13.2. The van der Waals surface area contributed by atoms with Crippen LogP contribution in [-0.2, 0) is 52.3 Å². The van der Waals surface area contributed by atoms with Crippen LogP contribution < -0.4 is 20.9 Å². The van der Waals surface area contributed by atoms with Crippen molar-refractivity contribution in [2.75, 3.05) is 98.6 Å². The van der Waals surface area contributed by atoms with Crippen LogP contribution in [-0.4, -0.2) is 225 Å². The quantitative estimate of drug-likeness (QED) is 0.0573. The van der Waals surface area contributed by atoms with E-state index in [1.165, 1.54) is 32.0 Å². The molecule has 0 spiro atoms. The number of aliphatic hydroxyl groups is 4. The Balaban J connectivity index is 0.970. The van der Waals surface area contributed by atoms with E-state index in [1.54, 1.807) is 17.2 Å². The van der Waals surface area contributed by atoms with E-state index in [0.717, 1.165) is 6.42 Å². The van der Waals surface area contributed by atoms with Gasteiger partial charge in [0.1, 0.15) is 61.2 Å². The van der Waals surface area contributed by atoms with Crippen molar-refractivity contribution in [1.29, 1.82) is 5.26 Å². The first-order chi connectivity index (χ1) is 31.8. The third-order valence-electron chi connectivity index (χ3n) is 11.6. The molecule has 2 aromatic rings. The highest BCUT2D eigenvalue weighted by molar-refractivity contribution is 5.95. The second kappa shape index (κ2) is 25.4. The molecule has 368 valence electrons. The Labute approximate surface area is 381 Å². The molecule has 3 fully saturated rings. The van der Waals surface area contributed by atoms with Crippen molar-refractivity contribution in [3.8, 4) is 6.07 Å². The van der Waals surface area contributed by atoms with Crippen molar-refractivity contribution < 1.29 is 77.5 Å². The number of likely N-dealkylation sites (tertiary alicyclic amines) is 1. The maximum absolute atomic E-state index is 13.2. The number of aliphatic hydroxyl groups excluding tert-OH is 4. The number of piperidine rings is 1. The molecule has 4 amide bonds. The molecule has 4 unspecified atom stereocenters. The number of hydrogen-bond donors (Lipinski definition) is 7. The van der Waals surface area contributed by atoms with Crippen LogP contribution in [0.4, 0.5) is 10.6 Å². The van der Waals surface area contributed by atoms with Crippen LogP contribution in [0.1, 0.15) is 26.7 Å². The average Bonchev–Trinajstić information content (AvgIpc) is 3.75. The third kappa shape index (κ3) is 13.0. The van der Waals surface area contributed by atoms with Crippen molar-refractivity contribution in [2.45, 2.75) is 94.1 Å². The van der Waals surface area contributed by atoms with Gasteiger partial charge >= 0.3 is 6.03 Å². The van der Waals surface area contributed by atoms with Gasteiger partial charge in [0.2, 0.25) is 11.8 Å². The van der Waals surface area contributed by atoms with Gasteiger partial charge in [0.05, 0.1) is 63.7 Å². The number of fused-ring (bicyclic) bond motifs is 1. The van der Waals surface area contributed by atoms with Gasteiger partial charge in [-0.1, -0.05) is 6.92 Å². The summed E-state index contributed by atoms with van der Waals surface area (Å²) in [7, 11) is 4.41. The number of rotatable bonds is 22. The van der Waals surface area contributed by atoms with Crippen LogP contribution in [0.5, 0.6) is 0 Å². The number of amides is 4. The van der Waals surface area contributed by atoms with E-state index in [-0.39, 0.29) is 77.0 Å². The van der Waals surface area contributed by atoms with Gasteiger partial charge in [0.15, 0.2) is 24.3 Å². The minimum Gasteiger partial charge on any atom is -0.394 e. The second-order valence-corrected chi connectivity index (χ2v) is 16.0. The minimum absolute atomic E-state index is 0.0296. The molecule has 66 heavy (non-hydrogen) atoms. The van der Waals surface area contributed by atoms with Crippen molar-refractivity contribution in [1.82, 2.24) is 35.4 Å². The van der Waals surface area contributed by atoms with Crippen LogP contribution in [0.3, 0.4) is 0 Å². The molecule has 7 N–H and O–H groups in total. The van der Waals surface area contributed by atoms with E-state index in [2.05, 4.69) is 32.8 Å². The summed E-state index contributed by atoms with van der Waals surface area (Å²) in [5.41, 5.74) is 0.426. The molecule has 2 aromatic heterocycles. The van der Waals surface area contributed by atoms with Crippen LogP contribution in [0.25, 0.3) is 11.0 Å². The van der Waals surface area contributed by atoms with Crippen molar-refractivity contribution in [2.24, 2.45) is 5.92 Å². The summed E-state index contributed by atoms with van der Waals surface area (Å²) in [6.45, 7) is 5.24. The standard InChI is InChI=1S/C41H63N9O16/c1-23-7-12-49(28(53)6-9-42)20-26(23)48(3)36-25-8-13-50(37(25)46-22-45-36)41(58)44-11-15-62-17-19-63-18-16-61-14-10-43-38(57)35-34(59-4)31(55)32(56)40(66-35)65-33-29(47-24(2)52)39(60-5)64-27(21-51)30(33)54/h8,13,22-23,26-27,29-35,39-40,51,54-56H,6-7,10-12,14-21H2,1-5H3,(H,43,57)(H,44,58)(H,47,52)/t23-,26+,27?,29?,30-,31-,32?,33-,34+,35?,39-,40-/m1/s1. The van der Waals surface area contributed by atoms with Gasteiger partial charge in [-0.05, 0) is 18.4 Å². The third-order valence-corrected chi connectivity index (χ3v) is 11.6. The molecular formula is C41H63N9O16. The predicted octanol–water partition coefficient (Wildman–Crippen LogP) is -3.18. The summed E-state index contributed by atoms with van der Waals surface area (Å²) in [5, 5.41) is 60.0. The van der Waals surface area contributed by atoms with E-state index in [9.17, 15) is 39.6 Å². The molecule has 5 heterocycles. The summed E-state index contributed by atoms with van der Waals surface area (Å²) < 4.78 is 45.8. The van der Waals surface area contributed by atoms with Crippen LogP contribution in [0.2, 0.25) is 0 Å². The van der Waals surface area contributed by atoms with Gasteiger partial charge in [0.25, 0.3) is 5.91 Å². The molecule has 0 aliphatic carbocycles. The van der Waals surface area contributed by atoms with Gasteiger partial charge in [-0.2, -0.15) is 5.26 Å². The molecule has 25 heteroatoms. The second-order valence-electron chi connectivity index (χ2n) is 16.0. The summed E-state index contributed by atoms with van der Waals surface area (Å²) in [6.07, 6.45) is -9.58. The number of nitrogens with zero attached hydrogens (tertiary/aromatic N) is 6. The van der Waals surface area contributed by atoms with Gasteiger partial charge in [-0.15, -0.1) is 0 Å². The van der Waals surface area contributed by atoms with E-state index < -0.39 is 85.8 Å². The van der Waals surface area contributed by atoms with Gasteiger partial charge < -0.3 is 84.1 Å². The molecule has 0 aromatic carbocycles. The first-order valence-electron chi connectivity index (χ1n) is 21.7. The molecule has 25 nitrogen and oxygen atoms in total. The number of likely N-dealkylation sites (N-methyl/N-ethyl adjacent to an activating group) is 1. The van der Waals surface area contributed by atoms with Gasteiger partial charge in [-0.25, -0.2) is 14.8 Å². The summed E-state index contributed by atoms with van der Waals surface area (Å²) in [4.78, 5) is 63.3. The Morgan fingerprint density at radius 2 is 1.61 bits per heavy atom. The highest BCUT2D eigenvalue weighted by atomic mass is 16.7. The first kappa shape index (κ1) is 52.3. The highest BCUT2D eigenvalue weighted by Gasteiger charge is 2.53. The number of methoxy groups -OCH3 is 2. The number of anilines is 1. The normalized spacial score (nSPS) is 28.9. The first-order valence-corrected chi connectivity index (χ1v) is 21.7. The lowest BCUT2D eigenvalue weighted by molar-refractivity contribution is -0.338. The summed E-state index contributed by atoms with van der Waals surface area (Å²) in [5.74, 6) is -0.549. The molecule has 3 aliphatic heterocycles. The summed E-state index contributed by atoms with van der Waals surface area (Å²) in [6, 6.07) is 2.12. The fourth-order valence-electron chi connectivity index (χ4n) is 8.10. The topological polar surface area (TPSA) is 320 Å². The van der Waals surface area contributed by atoms with E-state index in [4.69, 9.17) is 43.2 Å². The number of hydrogen-bond acceptors (Lipinski definition) is 20. The molecule has 0 bridgehead atoms. The lowest BCUT2D eigenvalue weighted by atomic mass is 9.92. The number of nitrogens with one attached hydrogen (secondary N) is 3. The lowest BCUT2D eigenvalue weighted by Crippen LogP contribution is -2.68. The number of nitriles is 1. The Bertz CT molecular complexity index is 1940.